The summed E-state index contributed by atoms with van der Waals surface area (Å²) in [6.07, 6.45) is 0. The predicted molar refractivity (Wildman–Crippen MR) is 65.6 cm³/mol. The lowest BCUT2D eigenvalue weighted by Crippen LogP contribution is -2.34. The van der Waals surface area contributed by atoms with Gasteiger partial charge < -0.3 is 10.0 Å². The fourth-order valence-electron chi connectivity index (χ4n) is 1.92. The van der Waals surface area contributed by atoms with E-state index in [0.29, 0.717) is 13.1 Å². The van der Waals surface area contributed by atoms with Crippen molar-refractivity contribution in [3.63, 3.8) is 0 Å². The summed E-state index contributed by atoms with van der Waals surface area (Å²) >= 11 is 0. The van der Waals surface area contributed by atoms with E-state index in [1.165, 1.54) is 0 Å². The minimum atomic E-state index is -0.0306. The number of aryl methyl sites for hydroxylation is 1. The SMILES string of the molecule is CCN(CC)C(=O)Cn1nc(C)c(CO)c1C. The second kappa shape index (κ2) is 5.82. The summed E-state index contributed by atoms with van der Waals surface area (Å²) < 4.78 is 1.67. The van der Waals surface area contributed by atoms with E-state index in [4.69, 9.17) is 0 Å². The molecule has 0 saturated heterocycles. The molecule has 1 aromatic rings. The van der Waals surface area contributed by atoms with Crippen molar-refractivity contribution >= 4 is 5.91 Å². The Balaban J connectivity index is 2.85. The second-order valence-corrected chi connectivity index (χ2v) is 4.03. The quantitative estimate of drug-likeness (QED) is 0.829. The Kier molecular flexibility index (Phi) is 4.69. The molecule has 5 heteroatoms. The highest BCUT2D eigenvalue weighted by Crippen LogP contribution is 2.12. The van der Waals surface area contributed by atoms with Crippen LogP contribution in [0.5, 0.6) is 0 Å². The van der Waals surface area contributed by atoms with Crippen LogP contribution >= 0.6 is 0 Å². The van der Waals surface area contributed by atoms with E-state index in [-0.39, 0.29) is 19.1 Å². The van der Waals surface area contributed by atoms with E-state index in [2.05, 4.69) is 5.10 Å². The van der Waals surface area contributed by atoms with Gasteiger partial charge in [-0.05, 0) is 27.7 Å². The average Bonchev–Trinajstić information content (AvgIpc) is 2.55. The largest absolute Gasteiger partial charge is 0.392 e. The molecule has 0 aliphatic heterocycles. The van der Waals surface area contributed by atoms with Gasteiger partial charge in [-0.25, -0.2) is 0 Å². The molecule has 1 heterocycles. The van der Waals surface area contributed by atoms with Crippen molar-refractivity contribution < 1.29 is 9.90 Å². The minimum absolute atomic E-state index is 0.0306. The molecule has 1 rings (SSSR count). The van der Waals surface area contributed by atoms with E-state index in [1.54, 1.807) is 9.58 Å². The molecule has 0 fully saturated rings. The predicted octanol–water partition coefficient (Wildman–Crippen LogP) is 0.861. The summed E-state index contributed by atoms with van der Waals surface area (Å²) in [4.78, 5) is 13.7. The van der Waals surface area contributed by atoms with Crippen LogP contribution in [-0.4, -0.2) is 38.8 Å². The van der Waals surface area contributed by atoms with Crippen LogP contribution in [0.1, 0.15) is 30.8 Å². The van der Waals surface area contributed by atoms with Gasteiger partial charge in [-0.3, -0.25) is 9.48 Å². The van der Waals surface area contributed by atoms with Gasteiger partial charge in [-0.15, -0.1) is 0 Å². The van der Waals surface area contributed by atoms with Gasteiger partial charge >= 0.3 is 0 Å². The van der Waals surface area contributed by atoms with E-state index >= 15 is 0 Å². The average molecular weight is 239 g/mol. The van der Waals surface area contributed by atoms with Crippen molar-refractivity contribution in [2.24, 2.45) is 0 Å². The molecule has 0 aromatic carbocycles. The number of carbonyl (C=O) groups excluding carboxylic acids is 1. The summed E-state index contributed by atoms with van der Waals surface area (Å²) in [5.74, 6) is 0.0603. The number of nitrogens with zero attached hydrogens (tertiary/aromatic N) is 3. The lowest BCUT2D eigenvalue weighted by atomic mass is 10.2. The van der Waals surface area contributed by atoms with Gasteiger partial charge in [0.25, 0.3) is 0 Å². The molecule has 5 nitrogen and oxygen atoms in total. The molecule has 0 saturated carbocycles. The number of aromatic nitrogens is 2. The molecule has 17 heavy (non-hydrogen) atoms. The molecule has 0 radical (unpaired) electrons. The van der Waals surface area contributed by atoms with E-state index in [1.807, 2.05) is 27.7 Å². The van der Waals surface area contributed by atoms with Crippen molar-refractivity contribution in [3.05, 3.63) is 17.0 Å². The zero-order valence-electron chi connectivity index (χ0n) is 11.0. The maximum atomic E-state index is 11.9. The Morgan fingerprint density at radius 2 is 1.94 bits per heavy atom. The first-order valence-corrected chi connectivity index (χ1v) is 5.96. The molecule has 0 atom stereocenters. The van der Waals surface area contributed by atoms with Crippen LogP contribution in [0.15, 0.2) is 0 Å². The summed E-state index contributed by atoms with van der Waals surface area (Å²) in [6, 6.07) is 0. The van der Waals surface area contributed by atoms with Crippen LogP contribution in [0.4, 0.5) is 0 Å². The van der Waals surface area contributed by atoms with Gasteiger partial charge in [0.1, 0.15) is 6.54 Å². The molecule has 1 aromatic heterocycles. The second-order valence-electron chi connectivity index (χ2n) is 4.03. The smallest absolute Gasteiger partial charge is 0.244 e. The number of hydrogen-bond donors (Lipinski definition) is 1. The third kappa shape index (κ3) is 2.85. The van der Waals surface area contributed by atoms with Gasteiger partial charge in [0.2, 0.25) is 5.91 Å². The summed E-state index contributed by atoms with van der Waals surface area (Å²) in [7, 11) is 0. The topological polar surface area (TPSA) is 58.4 Å². The number of aliphatic hydroxyl groups excluding tert-OH is 1. The highest BCUT2D eigenvalue weighted by atomic mass is 16.3. The van der Waals surface area contributed by atoms with Crippen molar-refractivity contribution in [2.75, 3.05) is 13.1 Å². The van der Waals surface area contributed by atoms with Crippen LogP contribution in [0.3, 0.4) is 0 Å². The van der Waals surface area contributed by atoms with Crippen LogP contribution in [0.25, 0.3) is 0 Å². The van der Waals surface area contributed by atoms with Gasteiger partial charge in [-0.1, -0.05) is 0 Å². The first kappa shape index (κ1) is 13.7. The van der Waals surface area contributed by atoms with Crippen LogP contribution in [-0.2, 0) is 17.9 Å². The monoisotopic (exact) mass is 239 g/mol. The standard InChI is InChI=1S/C12H21N3O2/c1-5-14(6-2)12(17)7-15-10(4)11(8-16)9(3)13-15/h16H,5-8H2,1-4H3. The summed E-state index contributed by atoms with van der Waals surface area (Å²) in [6.45, 7) is 9.27. The summed E-state index contributed by atoms with van der Waals surface area (Å²) in [5, 5.41) is 13.5. The Morgan fingerprint density at radius 1 is 1.35 bits per heavy atom. The Hall–Kier alpha value is -1.36. The number of hydrogen-bond acceptors (Lipinski definition) is 3. The number of amides is 1. The molecule has 96 valence electrons. The molecule has 0 bridgehead atoms. The van der Waals surface area contributed by atoms with Gasteiger partial charge in [0.15, 0.2) is 0 Å². The normalized spacial score (nSPS) is 10.6. The minimum Gasteiger partial charge on any atom is -0.392 e. The van der Waals surface area contributed by atoms with Crippen molar-refractivity contribution in [1.29, 1.82) is 0 Å². The first-order chi connectivity index (χ1) is 8.04. The van der Waals surface area contributed by atoms with Crippen LogP contribution in [0.2, 0.25) is 0 Å². The zero-order valence-corrected chi connectivity index (χ0v) is 11.0. The molecule has 1 N–H and O–H groups in total. The lowest BCUT2D eigenvalue weighted by molar-refractivity contribution is -0.131. The highest BCUT2D eigenvalue weighted by Gasteiger charge is 2.15. The van der Waals surface area contributed by atoms with Crippen LogP contribution in [0, 0.1) is 13.8 Å². The molecular formula is C12H21N3O2. The number of aliphatic hydroxyl groups is 1. The third-order valence-electron chi connectivity index (χ3n) is 3.09. The number of rotatable bonds is 5. The van der Waals surface area contributed by atoms with E-state index in [0.717, 1.165) is 17.0 Å². The fraction of sp³-hybridized carbons (Fsp3) is 0.667. The Labute approximate surface area is 102 Å². The molecule has 0 aliphatic carbocycles. The molecule has 0 aliphatic rings. The molecule has 0 spiro atoms. The third-order valence-corrected chi connectivity index (χ3v) is 3.09. The highest BCUT2D eigenvalue weighted by molar-refractivity contribution is 5.75. The lowest BCUT2D eigenvalue weighted by Gasteiger charge is -2.18. The number of likely N-dealkylation sites (N-methyl/N-ethyl adjacent to an activating group) is 1. The van der Waals surface area contributed by atoms with Gasteiger partial charge in [-0.2, -0.15) is 5.10 Å². The van der Waals surface area contributed by atoms with E-state index < -0.39 is 0 Å². The molecule has 0 unspecified atom stereocenters. The maximum absolute atomic E-state index is 11.9. The van der Waals surface area contributed by atoms with Gasteiger partial charge in [0.05, 0.1) is 12.3 Å². The number of carbonyl (C=O) groups is 1. The fourth-order valence-corrected chi connectivity index (χ4v) is 1.92. The van der Waals surface area contributed by atoms with Crippen molar-refractivity contribution in [2.45, 2.75) is 40.8 Å². The molecular weight excluding hydrogens is 218 g/mol. The maximum Gasteiger partial charge on any atom is 0.244 e. The summed E-state index contributed by atoms with van der Waals surface area (Å²) in [5.41, 5.74) is 2.47. The first-order valence-electron chi connectivity index (χ1n) is 5.96. The Morgan fingerprint density at radius 3 is 2.35 bits per heavy atom. The molecule has 1 amide bonds. The zero-order chi connectivity index (χ0) is 13.0. The van der Waals surface area contributed by atoms with E-state index in [9.17, 15) is 9.90 Å². The van der Waals surface area contributed by atoms with Crippen molar-refractivity contribution in [1.82, 2.24) is 14.7 Å². The van der Waals surface area contributed by atoms with Crippen LogP contribution < -0.4 is 0 Å². The van der Waals surface area contributed by atoms with Crippen molar-refractivity contribution in [3.8, 4) is 0 Å². The van der Waals surface area contributed by atoms with Gasteiger partial charge in [0, 0.05) is 24.3 Å². The Bertz CT molecular complexity index is 395.